The number of hydrogen-bond donors (Lipinski definition) is 1. The Morgan fingerprint density at radius 3 is 2.38 bits per heavy atom. The Balaban J connectivity index is 1.59. The number of nitrogens with one attached hydrogen (secondary N) is 1. The van der Waals surface area contributed by atoms with E-state index in [1.807, 2.05) is 24.3 Å². The van der Waals surface area contributed by atoms with Gasteiger partial charge >= 0.3 is 5.97 Å². The summed E-state index contributed by atoms with van der Waals surface area (Å²) in [4.78, 5) is 24.9. The molecule has 3 aromatic carbocycles. The fourth-order valence-corrected chi connectivity index (χ4v) is 3.70. The number of carbonyl (C=O) groups is 2. The van der Waals surface area contributed by atoms with Crippen molar-refractivity contribution >= 4 is 34.0 Å². The Morgan fingerprint density at radius 2 is 1.68 bits per heavy atom. The Labute approximate surface area is 224 Å². The van der Waals surface area contributed by atoms with E-state index in [4.69, 9.17) is 18.9 Å². The average molecular weight is 569 g/mol. The highest BCUT2D eigenvalue weighted by Crippen LogP contribution is 2.29. The van der Waals surface area contributed by atoms with Gasteiger partial charge in [-0.15, -0.1) is 0 Å². The number of hydrazone groups is 1. The van der Waals surface area contributed by atoms with Gasteiger partial charge in [-0.1, -0.05) is 41.4 Å². The summed E-state index contributed by atoms with van der Waals surface area (Å²) in [5, 5.41) is 3.98. The van der Waals surface area contributed by atoms with Crippen LogP contribution in [-0.4, -0.2) is 38.9 Å². The maximum absolute atomic E-state index is 12.7. The number of carbonyl (C=O) groups excluding carboxylic acids is 2. The Kier molecular flexibility index (Phi) is 10.5. The lowest BCUT2D eigenvalue weighted by Gasteiger charge is -2.11. The number of benzene rings is 3. The van der Waals surface area contributed by atoms with E-state index in [1.54, 1.807) is 30.3 Å². The molecular formula is C28H29BrN2O6. The molecule has 0 unspecified atom stereocenters. The monoisotopic (exact) mass is 568 g/mol. The SMILES string of the molecule is CCCCc1ccc(OCC(=O)N/N=C/c2cc(Br)ccc2OC(=O)c2ccc(OC)c(OC)c2)cc1. The van der Waals surface area contributed by atoms with Gasteiger partial charge in [-0.25, -0.2) is 10.2 Å². The molecule has 3 aromatic rings. The van der Waals surface area contributed by atoms with Gasteiger partial charge in [0.1, 0.15) is 11.5 Å². The van der Waals surface area contributed by atoms with Crippen molar-refractivity contribution in [3.63, 3.8) is 0 Å². The van der Waals surface area contributed by atoms with Crippen LogP contribution in [0.5, 0.6) is 23.0 Å². The van der Waals surface area contributed by atoms with Gasteiger partial charge in [0.2, 0.25) is 0 Å². The van der Waals surface area contributed by atoms with Gasteiger partial charge in [0, 0.05) is 10.0 Å². The predicted molar refractivity (Wildman–Crippen MR) is 145 cm³/mol. The number of amides is 1. The molecule has 0 saturated heterocycles. The summed E-state index contributed by atoms with van der Waals surface area (Å²) in [7, 11) is 3.00. The van der Waals surface area contributed by atoms with Crippen molar-refractivity contribution < 1.29 is 28.5 Å². The molecule has 0 atom stereocenters. The molecule has 37 heavy (non-hydrogen) atoms. The zero-order chi connectivity index (χ0) is 26.6. The van der Waals surface area contributed by atoms with Crippen molar-refractivity contribution in [3.05, 3.63) is 81.8 Å². The van der Waals surface area contributed by atoms with Crippen LogP contribution in [0.3, 0.4) is 0 Å². The minimum absolute atomic E-state index is 0.189. The molecule has 0 aliphatic carbocycles. The third-order valence-electron chi connectivity index (χ3n) is 5.30. The third-order valence-corrected chi connectivity index (χ3v) is 5.79. The zero-order valence-corrected chi connectivity index (χ0v) is 22.5. The van der Waals surface area contributed by atoms with Crippen LogP contribution < -0.4 is 24.4 Å². The van der Waals surface area contributed by atoms with Crippen LogP contribution in [-0.2, 0) is 11.2 Å². The van der Waals surface area contributed by atoms with E-state index in [0.717, 1.165) is 23.7 Å². The first kappa shape index (κ1) is 27.7. The van der Waals surface area contributed by atoms with Gasteiger partial charge in [-0.3, -0.25) is 4.79 Å². The van der Waals surface area contributed by atoms with E-state index in [-0.39, 0.29) is 17.9 Å². The highest BCUT2D eigenvalue weighted by molar-refractivity contribution is 9.10. The lowest BCUT2D eigenvalue weighted by Crippen LogP contribution is -2.24. The highest BCUT2D eigenvalue weighted by Gasteiger charge is 2.15. The first-order chi connectivity index (χ1) is 17.9. The number of halogens is 1. The number of esters is 1. The molecule has 0 heterocycles. The van der Waals surface area contributed by atoms with Crippen LogP contribution in [0.2, 0.25) is 0 Å². The van der Waals surface area contributed by atoms with Gasteiger partial charge in [0.15, 0.2) is 18.1 Å². The van der Waals surface area contributed by atoms with Crippen molar-refractivity contribution in [2.75, 3.05) is 20.8 Å². The molecule has 0 spiro atoms. The first-order valence-electron chi connectivity index (χ1n) is 11.7. The lowest BCUT2D eigenvalue weighted by molar-refractivity contribution is -0.123. The second-order valence-corrected chi connectivity index (χ2v) is 8.89. The summed E-state index contributed by atoms with van der Waals surface area (Å²) in [5.74, 6) is 0.767. The fraction of sp³-hybridized carbons (Fsp3) is 0.250. The van der Waals surface area contributed by atoms with Crippen LogP contribution in [0.4, 0.5) is 0 Å². The van der Waals surface area contributed by atoms with Crippen LogP contribution in [0.15, 0.2) is 70.2 Å². The van der Waals surface area contributed by atoms with E-state index in [2.05, 4.69) is 33.4 Å². The minimum Gasteiger partial charge on any atom is -0.493 e. The number of methoxy groups -OCH3 is 2. The number of ether oxygens (including phenoxy) is 4. The lowest BCUT2D eigenvalue weighted by atomic mass is 10.1. The maximum Gasteiger partial charge on any atom is 0.343 e. The van der Waals surface area contributed by atoms with Crippen molar-refractivity contribution in [3.8, 4) is 23.0 Å². The molecule has 0 aliphatic rings. The molecular weight excluding hydrogens is 540 g/mol. The Morgan fingerprint density at radius 1 is 0.946 bits per heavy atom. The normalized spacial score (nSPS) is 10.7. The van der Waals surface area contributed by atoms with E-state index in [0.29, 0.717) is 22.8 Å². The van der Waals surface area contributed by atoms with Gasteiger partial charge in [-0.2, -0.15) is 5.10 Å². The van der Waals surface area contributed by atoms with Gasteiger partial charge in [-0.05, 0) is 66.9 Å². The number of nitrogens with zero attached hydrogens (tertiary/aromatic N) is 1. The summed E-state index contributed by atoms with van der Waals surface area (Å²) in [6, 6.07) is 17.5. The molecule has 8 nitrogen and oxygen atoms in total. The topological polar surface area (TPSA) is 95.5 Å². The zero-order valence-electron chi connectivity index (χ0n) is 21.0. The average Bonchev–Trinajstić information content (AvgIpc) is 2.92. The molecule has 9 heteroatoms. The molecule has 0 saturated carbocycles. The minimum atomic E-state index is -0.587. The van der Waals surface area contributed by atoms with E-state index in [1.165, 1.54) is 32.1 Å². The van der Waals surface area contributed by atoms with Crippen molar-refractivity contribution in [1.82, 2.24) is 5.43 Å². The molecule has 194 valence electrons. The molecule has 0 aliphatic heterocycles. The van der Waals surface area contributed by atoms with Crippen LogP contribution in [0, 0.1) is 0 Å². The summed E-state index contributed by atoms with van der Waals surface area (Å²) < 4.78 is 22.3. The second kappa shape index (κ2) is 14.0. The molecule has 1 N–H and O–H groups in total. The van der Waals surface area contributed by atoms with Gasteiger partial charge in [0.05, 0.1) is 26.0 Å². The second-order valence-electron chi connectivity index (χ2n) is 7.97. The number of unbranched alkanes of at least 4 members (excludes halogenated alkanes) is 1. The Bertz CT molecular complexity index is 1240. The molecule has 0 bridgehead atoms. The van der Waals surface area contributed by atoms with E-state index < -0.39 is 11.9 Å². The Hall–Kier alpha value is -3.85. The van der Waals surface area contributed by atoms with E-state index >= 15 is 0 Å². The summed E-state index contributed by atoms with van der Waals surface area (Å²) in [6.45, 7) is 1.97. The molecule has 3 rings (SSSR count). The van der Waals surface area contributed by atoms with Crippen molar-refractivity contribution in [1.29, 1.82) is 0 Å². The summed E-state index contributed by atoms with van der Waals surface area (Å²) in [6.07, 6.45) is 4.69. The molecule has 0 radical (unpaired) electrons. The van der Waals surface area contributed by atoms with Gasteiger partial charge in [0.25, 0.3) is 5.91 Å². The van der Waals surface area contributed by atoms with Crippen molar-refractivity contribution in [2.24, 2.45) is 5.10 Å². The van der Waals surface area contributed by atoms with Crippen LogP contribution in [0.1, 0.15) is 41.3 Å². The largest absolute Gasteiger partial charge is 0.493 e. The standard InChI is InChI=1S/C28H29BrN2O6/c1-4-5-6-19-7-11-23(12-8-19)36-18-27(32)31-30-17-21-15-22(29)10-14-24(21)37-28(33)20-9-13-25(34-2)26(16-20)35-3/h7-17H,4-6,18H2,1-3H3,(H,31,32)/b30-17+. The number of aryl methyl sites for hydroxylation is 1. The van der Waals surface area contributed by atoms with E-state index in [9.17, 15) is 9.59 Å². The smallest absolute Gasteiger partial charge is 0.343 e. The maximum atomic E-state index is 12.7. The highest BCUT2D eigenvalue weighted by atomic mass is 79.9. The first-order valence-corrected chi connectivity index (χ1v) is 12.5. The number of rotatable bonds is 12. The van der Waals surface area contributed by atoms with Crippen LogP contribution >= 0.6 is 15.9 Å². The van der Waals surface area contributed by atoms with Crippen molar-refractivity contribution in [2.45, 2.75) is 26.2 Å². The quantitative estimate of drug-likeness (QED) is 0.133. The summed E-state index contributed by atoms with van der Waals surface area (Å²) >= 11 is 3.39. The molecule has 0 aromatic heterocycles. The fourth-order valence-electron chi connectivity index (χ4n) is 3.32. The third kappa shape index (κ3) is 8.35. The predicted octanol–water partition coefficient (Wildman–Crippen LogP) is 5.56. The van der Waals surface area contributed by atoms with Crippen LogP contribution in [0.25, 0.3) is 0 Å². The number of hydrogen-bond acceptors (Lipinski definition) is 7. The molecule has 0 fully saturated rings. The summed E-state index contributed by atoms with van der Waals surface area (Å²) in [5.41, 5.74) is 4.42. The molecule has 1 amide bonds. The van der Waals surface area contributed by atoms with Gasteiger partial charge < -0.3 is 18.9 Å².